The van der Waals surface area contributed by atoms with E-state index in [2.05, 4.69) is 0 Å². The van der Waals surface area contributed by atoms with Crippen LogP contribution in [0.15, 0.2) is 36.4 Å². The van der Waals surface area contributed by atoms with Gasteiger partial charge in [0.1, 0.15) is 12.6 Å². The van der Waals surface area contributed by atoms with Crippen molar-refractivity contribution in [2.45, 2.75) is 64.2 Å². The molecular weight excluding hydrogens is 575 g/mol. The standard InChI is InChI=1S/C26H26F9N2O4/c1-4-20-8-6-16-12-17(24(27,28)29)7-9-21(16)37(20,23(39)41-5-2)36(22(38)40-3)14-15-10-18(25(30,31)32)13-19(11-15)26(33,34)35/h7,9-13,20H,4-6,8,14H2,1-3H3/q+1. The molecule has 0 aromatic heterocycles. The van der Waals surface area contributed by atoms with E-state index in [9.17, 15) is 49.1 Å². The number of methoxy groups -OCH3 is 1. The quantitative estimate of drug-likeness (QED) is 0.263. The van der Waals surface area contributed by atoms with E-state index in [0.29, 0.717) is 23.2 Å². The molecule has 2 aromatic carbocycles. The summed E-state index contributed by atoms with van der Waals surface area (Å²) in [5.41, 5.74) is -5.18. The number of aryl methyl sites for hydroxylation is 1. The van der Waals surface area contributed by atoms with Crippen molar-refractivity contribution in [3.8, 4) is 0 Å². The molecule has 0 spiro atoms. The van der Waals surface area contributed by atoms with Gasteiger partial charge in [-0.3, -0.25) is 0 Å². The number of alkyl halides is 9. The molecule has 3 rings (SSSR count). The van der Waals surface area contributed by atoms with E-state index in [1.165, 1.54) is 6.92 Å². The summed E-state index contributed by atoms with van der Waals surface area (Å²) in [4.78, 5) is 27.0. The molecule has 2 unspecified atom stereocenters. The van der Waals surface area contributed by atoms with E-state index >= 15 is 0 Å². The van der Waals surface area contributed by atoms with E-state index in [0.717, 1.165) is 19.2 Å². The van der Waals surface area contributed by atoms with E-state index in [-0.39, 0.29) is 43.2 Å². The number of hydrogen-bond acceptors (Lipinski definition) is 4. The molecule has 0 saturated heterocycles. The third kappa shape index (κ3) is 6.23. The summed E-state index contributed by atoms with van der Waals surface area (Å²) < 4.78 is 131. The third-order valence-corrected chi connectivity index (χ3v) is 6.81. The number of quaternary nitrogens is 1. The Morgan fingerprint density at radius 2 is 1.44 bits per heavy atom. The second-order valence-corrected chi connectivity index (χ2v) is 9.27. The zero-order valence-electron chi connectivity index (χ0n) is 22.0. The zero-order chi connectivity index (χ0) is 31.0. The SMILES string of the molecule is CCOC(=O)[N+]1(N(Cc2cc(C(F)(F)F)cc(C(F)(F)F)c2)C(=O)OC)c2ccc(C(F)(F)F)cc2CCC1CC. The summed E-state index contributed by atoms with van der Waals surface area (Å²) in [5.74, 6) is 0. The monoisotopic (exact) mass is 601 g/mol. The molecule has 0 aliphatic carbocycles. The Bertz CT molecular complexity index is 1260. The highest BCUT2D eigenvalue weighted by molar-refractivity contribution is 5.88. The summed E-state index contributed by atoms with van der Waals surface area (Å²) in [5, 5.41) is 0.590. The van der Waals surface area contributed by atoms with Crippen LogP contribution in [0.25, 0.3) is 0 Å². The van der Waals surface area contributed by atoms with Gasteiger partial charge in [-0.05, 0) is 55.7 Å². The van der Waals surface area contributed by atoms with Gasteiger partial charge in [-0.2, -0.15) is 44.3 Å². The summed E-state index contributed by atoms with van der Waals surface area (Å²) in [7, 11) is 0.878. The van der Waals surface area contributed by atoms with Gasteiger partial charge >= 0.3 is 30.7 Å². The van der Waals surface area contributed by atoms with Gasteiger partial charge in [0.05, 0.1) is 30.4 Å². The molecule has 1 aliphatic rings. The first-order valence-corrected chi connectivity index (χ1v) is 12.3. The van der Waals surface area contributed by atoms with Gasteiger partial charge in [-0.25, -0.2) is 4.79 Å². The molecule has 226 valence electrons. The fraction of sp³-hybridized carbons (Fsp3) is 0.462. The lowest BCUT2D eigenvalue weighted by Crippen LogP contribution is -2.72. The van der Waals surface area contributed by atoms with Crippen molar-refractivity contribution in [1.29, 1.82) is 0 Å². The molecule has 0 bridgehead atoms. The number of nitrogens with zero attached hydrogens (tertiary/aromatic N) is 2. The predicted octanol–water partition coefficient (Wildman–Crippen LogP) is 8.12. The van der Waals surface area contributed by atoms with Crippen LogP contribution in [0.3, 0.4) is 0 Å². The Kier molecular flexibility index (Phi) is 8.92. The first-order chi connectivity index (χ1) is 18.9. The van der Waals surface area contributed by atoms with Gasteiger partial charge in [0, 0.05) is 18.1 Å². The lowest BCUT2D eigenvalue weighted by molar-refractivity contribution is -0.143. The Hall–Kier alpha value is -3.49. The second-order valence-electron chi connectivity index (χ2n) is 9.27. The lowest BCUT2D eigenvalue weighted by Gasteiger charge is -2.47. The van der Waals surface area contributed by atoms with Crippen molar-refractivity contribution in [1.82, 2.24) is 9.60 Å². The van der Waals surface area contributed by atoms with Crippen molar-refractivity contribution in [3.05, 3.63) is 64.2 Å². The van der Waals surface area contributed by atoms with Crippen LogP contribution in [0.2, 0.25) is 0 Å². The van der Waals surface area contributed by atoms with Crippen molar-refractivity contribution < 1.29 is 58.6 Å². The van der Waals surface area contributed by atoms with Crippen LogP contribution in [-0.2, 0) is 41.0 Å². The van der Waals surface area contributed by atoms with E-state index in [1.807, 2.05) is 0 Å². The van der Waals surface area contributed by atoms with Crippen LogP contribution in [0.4, 0.5) is 54.8 Å². The summed E-state index contributed by atoms with van der Waals surface area (Å²) in [6, 6.07) is 2.20. The average molecular weight is 601 g/mol. The molecule has 2 amide bonds. The maximum atomic E-state index is 13.8. The molecule has 41 heavy (non-hydrogen) atoms. The molecule has 2 atom stereocenters. The van der Waals surface area contributed by atoms with E-state index < -0.39 is 70.1 Å². The number of carbonyl (C=O) groups is 2. The number of halogens is 9. The summed E-state index contributed by atoms with van der Waals surface area (Å²) in [6.45, 7) is 1.74. The van der Waals surface area contributed by atoms with Gasteiger partial charge in [-0.15, -0.1) is 5.01 Å². The fourth-order valence-corrected chi connectivity index (χ4v) is 5.06. The topological polar surface area (TPSA) is 55.8 Å². The van der Waals surface area contributed by atoms with Gasteiger partial charge in [-0.1, -0.05) is 11.5 Å². The highest BCUT2D eigenvalue weighted by Gasteiger charge is 2.59. The molecule has 0 radical (unpaired) electrons. The first-order valence-electron chi connectivity index (χ1n) is 12.3. The lowest BCUT2D eigenvalue weighted by atomic mass is 9.91. The van der Waals surface area contributed by atoms with Crippen molar-refractivity contribution in [2.75, 3.05) is 13.7 Å². The Morgan fingerprint density at radius 3 is 1.90 bits per heavy atom. The molecule has 1 heterocycles. The van der Waals surface area contributed by atoms with Crippen LogP contribution >= 0.6 is 0 Å². The number of carbonyl (C=O) groups excluding carboxylic acids is 2. The molecule has 2 aromatic rings. The molecule has 0 saturated carbocycles. The maximum absolute atomic E-state index is 13.8. The number of fused-ring (bicyclic) bond motifs is 1. The van der Waals surface area contributed by atoms with Crippen LogP contribution in [0.5, 0.6) is 0 Å². The molecular formula is C26H26F9N2O4+. The highest BCUT2D eigenvalue weighted by Crippen LogP contribution is 2.45. The second kappa shape index (κ2) is 11.4. The van der Waals surface area contributed by atoms with Gasteiger partial charge in [0.15, 0.2) is 5.69 Å². The maximum Gasteiger partial charge on any atom is 0.547 e. The van der Waals surface area contributed by atoms with Gasteiger partial charge in [0.2, 0.25) is 0 Å². The van der Waals surface area contributed by atoms with Crippen molar-refractivity contribution in [2.24, 2.45) is 0 Å². The number of amides is 2. The zero-order valence-corrected chi connectivity index (χ0v) is 22.0. The highest BCUT2D eigenvalue weighted by atomic mass is 19.4. The van der Waals surface area contributed by atoms with E-state index in [1.54, 1.807) is 6.92 Å². The van der Waals surface area contributed by atoms with Crippen LogP contribution in [-0.4, -0.2) is 37.0 Å². The van der Waals surface area contributed by atoms with E-state index in [4.69, 9.17) is 9.47 Å². The van der Waals surface area contributed by atoms with Gasteiger partial charge in [0.25, 0.3) is 0 Å². The first kappa shape index (κ1) is 32.0. The summed E-state index contributed by atoms with van der Waals surface area (Å²) >= 11 is 0. The van der Waals surface area contributed by atoms with Gasteiger partial charge < -0.3 is 9.47 Å². The minimum absolute atomic E-state index is 0.00787. The van der Waals surface area contributed by atoms with Crippen molar-refractivity contribution >= 4 is 17.9 Å². The van der Waals surface area contributed by atoms with Crippen LogP contribution in [0, 0.1) is 0 Å². The minimum Gasteiger partial charge on any atom is -0.450 e. The fourth-order valence-electron chi connectivity index (χ4n) is 5.06. The average Bonchev–Trinajstić information content (AvgIpc) is 2.88. The third-order valence-electron chi connectivity index (χ3n) is 6.81. The van der Waals surface area contributed by atoms with Crippen LogP contribution < -0.4 is 4.59 Å². The molecule has 15 heteroatoms. The number of rotatable bonds is 4. The molecule has 1 aliphatic heterocycles. The number of benzene rings is 2. The Labute approximate surface area is 228 Å². The molecule has 6 nitrogen and oxygen atoms in total. The minimum atomic E-state index is -5.20. The van der Waals surface area contributed by atoms with Crippen LogP contribution in [0.1, 0.15) is 54.5 Å². The normalized spacial score (nSPS) is 19.4. The predicted molar refractivity (Wildman–Crippen MR) is 127 cm³/mol. The smallest absolute Gasteiger partial charge is 0.450 e. The Balaban J connectivity index is 2.36. The van der Waals surface area contributed by atoms with Crippen molar-refractivity contribution in [3.63, 3.8) is 0 Å². The molecule has 0 N–H and O–H groups in total. The number of ether oxygens (including phenoxy) is 2. The number of hydrogen-bond donors (Lipinski definition) is 0. The largest absolute Gasteiger partial charge is 0.547 e. The Morgan fingerprint density at radius 1 is 0.878 bits per heavy atom. The summed E-state index contributed by atoms with van der Waals surface area (Å²) in [6.07, 6.45) is -17.5. The molecule has 0 fully saturated rings.